The smallest absolute Gasteiger partial charge is 0.221 e. The molecule has 0 atom stereocenters. The summed E-state index contributed by atoms with van der Waals surface area (Å²) < 4.78 is 5.62. The van der Waals surface area contributed by atoms with Crippen LogP contribution in [0.25, 0.3) is 0 Å². The molecule has 1 rings (SSSR count). The van der Waals surface area contributed by atoms with Crippen LogP contribution in [-0.2, 0) is 9.53 Å². The minimum absolute atomic E-state index is 0. The second kappa shape index (κ2) is 11.9. The lowest BCUT2D eigenvalue weighted by atomic mass is 10.3. The van der Waals surface area contributed by atoms with Gasteiger partial charge in [-0.25, -0.2) is 0 Å². The standard InChI is InChI=1S/C15H30N4O2.HI/c1-12(2)18-14(20)7-8-17-15(16-3)19(4)9-10-21-11-13-5-6-13;/h12-13H,5-11H2,1-4H3,(H,16,17)(H,18,20);1H. The minimum Gasteiger partial charge on any atom is -0.379 e. The van der Waals surface area contributed by atoms with Gasteiger partial charge in [0.15, 0.2) is 5.96 Å². The van der Waals surface area contributed by atoms with Crippen LogP contribution in [0.15, 0.2) is 4.99 Å². The van der Waals surface area contributed by atoms with Crippen LogP contribution in [0.4, 0.5) is 0 Å². The zero-order chi connectivity index (χ0) is 15.7. The van der Waals surface area contributed by atoms with Gasteiger partial charge in [-0.1, -0.05) is 0 Å². The Morgan fingerprint density at radius 3 is 2.64 bits per heavy atom. The molecule has 0 aliphatic heterocycles. The van der Waals surface area contributed by atoms with Crippen molar-refractivity contribution < 1.29 is 9.53 Å². The number of amides is 1. The summed E-state index contributed by atoms with van der Waals surface area (Å²) in [4.78, 5) is 17.8. The number of carbonyl (C=O) groups excluding carboxylic acids is 1. The molecular weight excluding hydrogens is 395 g/mol. The van der Waals surface area contributed by atoms with Gasteiger partial charge in [0.2, 0.25) is 5.91 Å². The van der Waals surface area contributed by atoms with E-state index in [1.807, 2.05) is 25.8 Å². The molecular formula is C15H31IN4O2. The maximum atomic E-state index is 11.5. The number of nitrogens with zero attached hydrogens (tertiary/aromatic N) is 2. The first-order valence-corrected chi connectivity index (χ1v) is 7.81. The second-order valence-electron chi connectivity index (χ2n) is 5.89. The molecule has 1 saturated carbocycles. The largest absolute Gasteiger partial charge is 0.379 e. The summed E-state index contributed by atoms with van der Waals surface area (Å²) in [7, 11) is 3.72. The molecule has 0 spiro atoms. The fourth-order valence-electron chi connectivity index (χ4n) is 1.91. The van der Waals surface area contributed by atoms with Gasteiger partial charge in [0, 0.05) is 46.3 Å². The third kappa shape index (κ3) is 10.2. The summed E-state index contributed by atoms with van der Waals surface area (Å²) in [5.74, 6) is 1.65. The SMILES string of the molecule is CN=C(NCCC(=O)NC(C)C)N(C)CCOCC1CC1.I. The van der Waals surface area contributed by atoms with Gasteiger partial charge in [-0.05, 0) is 32.6 Å². The Morgan fingerprint density at radius 1 is 1.41 bits per heavy atom. The van der Waals surface area contributed by atoms with Gasteiger partial charge in [-0.15, -0.1) is 24.0 Å². The van der Waals surface area contributed by atoms with Crippen molar-refractivity contribution in [3.8, 4) is 0 Å². The van der Waals surface area contributed by atoms with Crippen molar-refractivity contribution in [3.63, 3.8) is 0 Å². The number of likely N-dealkylation sites (N-methyl/N-ethyl adjacent to an activating group) is 1. The molecule has 6 nitrogen and oxygen atoms in total. The number of aliphatic imine (C=N–C) groups is 1. The fourth-order valence-corrected chi connectivity index (χ4v) is 1.91. The van der Waals surface area contributed by atoms with E-state index in [4.69, 9.17) is 4.74 Å². The zero-order valence-electron chi connectivity index (χ0n) is 14.2. The predicted octanol–water partition coefficient (Wildman–Crippen LogP) is 1.45. The highest BCUT2D eigenvalue weighted by molar-refractivity contribution is 14.0. The van der Waals surface area contributed by atoms with Gasteiger partial charge < -0.3 is 20.3 Å². The quantitative estimate of drug-likeness (QED) is 0.254. The molecule has 0 saturated heterocycles. The Kier molecular flexibility index (Phi) is 11.6. The molecule has 0 bridgehead atoms. The third-order valence-electron chi connectivity index (χ3n) is 3.28. The van der Waals surface area contributed by atoms with Crippen molar-refractivity contribution >= 4 is 35.8 Å². The van der Waals surface area contributed by atoms with Gasteiger partial charge >= 0.3 is 0 Å². The van der Waals surface area contributed by atoms with E-state index in [1.165, 1.54) is 12.8 Å². The Labute approximate surface area is 151 Å². The fraction of sp³-hybridized carbons (Fsp3) is 0.867. The summed E-state index contributed by atoms with van der Waals surface area (Å²) in [5, 5.41) is 6.06. The number of hydrogen-bond acceptors (Lipinski definition) is 3. The Hall–Kier alpha value is -0.570. The molecule has 0 aromatic carbocycles. The average molecular weight is 426 g/mol. The highest BCUT2D eigenvalue weighted by atomic mass is 127. The number of halogens is 1. The van der Waals surface area contributed by atoms with E-state index in [9.17, 15) is 4.79 Å². The van der Waals surface area contributed by atoms with Gasteiger partial charge in [0.25, 0.3) is 0 Å². The molecule has 0 aromatic heterocycles. The van der Waals surface area contributed by atoms with E-state index in [0.717, 1.165) is 25.0 Å². The maximum absolute atomic E-state index is 11.5. The molecule has 0 heterocycles. The molecule has 1 aliphatic rings. The van der Waals surface area contributed by atoms with Crippen molar-refractivity contribution in [2.24, 2.45) is 10.9 Å². The van der Waals surface area contributed by atoms with Gasteiger partial charge in [0.05, 0.1) is 6.61 Å². The van der Waals surface area contributed by atoms with E-state index >= 15 is 0 Å². The number of hydrogen-bond donors (Lipinski definition) is 2. The van der Waals surface area contributed by atoms with Crippen LogP contribution in [0.3, 0.4) is 0 Å². The highest BCUT2D eigenvalue weighted by Gasteiger charge is 2.21. The maximum Gasteiger partial charge on any atom is 0.221 e. The van der Waals surface area contributed by atoms with Crippen molar-refractivity contribution in [1.29, 1.82) is 0 Å². The molecule has 2 N–H and O–H groups in total. The molecule has 0 aromatic rings. The van der Waals surface area contributed by atoms with Crippen LogP contribution in [0.1, 0.15) is 33.1 Å². The number of ether oxygens (including phenoxy) is 1. The number of nitrogens with one attached hydrogen (secondary N) is 2. The number of rotatable bonds is 9. The lowest BCUT2D eigenvalue weighted by Crippen LogP contribution is -2.42. The highest BCUT2D eigenvalue weighted by Crippen LogP contribution is 2.28. The topological polar surface area (TPSA) is 66.0 Å². The summed E-state index contributed by atoms with van der Waals surface area (Å²) >= 11 is 0. The second-order valence-corrected chi connectivity index (χ2v) is 5.89. The monoisotopic (exact) mass is 426 g/mol. The molecule has 1 amide bonds. The predicted molar refractivity (Wildman–Crippen MR) is 101 cm³/mol. The molecule has 22 heavy (non-hydrogen) atoms. The number of guanidine groups is 1. The Morgan fingerprint density at radius 2 is 2.09 bits per heavy atom. The van der Waals surface area contributed by atoms with Crippen LogP contribution >= 0.6 is 24.0 Å². The normalized spacial score (nSPS) is 14.5. The summed E-state index contributed by atoms with van der Waals surface area (Å²) in [6, 6.07) is 0.183. The van der Waals surface area contributed by atoms with Crippen LogP contribution in [0.2, 0.25) is 0 Å². The van der Waals surface area contributed by atoms with Gasteiger partial charge in [-0.2, -0.15) is 0 Å². The first-order chi connectivity index (χ1) is 10.0. The summed E-state index contributed by atoms with van der Waals surface area (Å²) in [6.07, 6.45) is 3.08. The lowest BCUT2D eigenvalue weighted by molar-refractivity contribution is -0.121. The molecule has 1 aliphatic carbocycles. The van der Waals surface area contributed by atoms with Crippen molar-refractivity contribution in [1.82, 2.24) is 15.5 Å². The van der Waals surface area contributed by atoms with Gasteiger partial charge in [0.1, 0.15) is 0 Å². The third-order valence-corrected chi connectivity index (χ3v) is 3.28. The van der Waals surface area contributed by atoms with E-state index < -0.39 is 0 Å². The van der Waals surface area contributed by atoms with Crippen LogP contribution < -0.4 is 10.6 Å². The Balaban J connectivity index is 0.00000441. The summed E-state index contributed by atoms with van der Waals surface area (Å²) in [5.41, 5.74) is 0. The van der Waals surface area contributed by atoms with E-state index in [2.05, 4.69) is 15.6 Å². The first kappa shape index (κ1) is 21.4. The van der Waals surface area contributed by atoms with E-state index in [0.29, 0.717) is 19.6 Å². The van der Waals surface area contributed by atoms with Crippen LogP contribution in [0, 0.1) is 5.92 Å². The van der Waals surface area contributed by atoms with E-state index in [-0.39, 0.29) is 35.9 Å². The van der Waals surface area contributed by atoms with Crippen LogP contribution in [0.5, 0.6) is 0 Å². The average Bonchev–Trinajstić information content (AvgIpc) is 3.22. The minimum atomic E-state index is 0. The van der Waals surface area contributed by atoms with E-state index in [1.54, 1.807) is 7.05 Å². The molecule has 130 valence electrons. The van der Waals surface area contributed by atoms with Crippen molar-refractivity contribution in [2.45, 2.75) is 39.2 Å². The number of carbonyl (C=O) groups is 1. The van der Waals surface area contributed by atoms with Crippen molar-refractivity contribution in [3.05, 3.63) is 0 Å². The van der Waals surface area contributed by atoms with Crippen molar-refractivity contribution in [2.75, 3.05) is 40.4 Å². The van der Waals surface area contributed by atoms with Crippen LogP contribution in [-0.4, -0.2) is 63.2 Å². The summed E-state index contributed by atoms with van der Waals surface area (Å²) in [6.45, 7) is 6.89. The molecule has 0 unspecified atom stereocenters. The molecule has 1 fully saturated rings. The zero-order valence-corrected chi connectivity index (χ0v) is 16.6. The first-order valence-electron chi connectivity index (χ1n) is 7.81. The molecule has 0 radical (unpaired) electrons. The lowest BCUT2D eigenvalue weighted by Gasteiger charge is -2.22. The molecule has 7 heteroatoms. The Bertz CT molecular complexity index is 346. The van der Waals surface area contributed by atoms with Gasteiger partial charge in [-0.3, -0.25) is 9.79 Å².